The van der Waals surface area contributed by atoms with E-state index in [2.05, 4.69) is 34.6 Å². The van der Waals surface area contributed by atoms with Gasteiger partial charge in [-0.3, -0.25) is 4.79 Å². The number of benzene rings is 1. The van der Waals surface area contributed by atoms with Gasteiger partial charge in [-0.2, -0.15) is 5.10 Å². The zero-order valence-electron chi connectivity index (χ0n) is 11.7. The average Bonchev–Trinajstić information content (AvgIpc) is 2.93. The van der Waals surface area contributed by atoms with Crippen LogP contribution in [0.15, 0.2) is 36.9 Å². The van der Waals surface area contributed by atoms with E-state index in [4.69, 9.17) is 0 Å². The van der Waals surface area contributed by atoms with Crippen molar-refractivity contribution in [2.24, 2.45) is 0 Å². The second-order valence-corrected chi connectivity index (χ2v) is 4.79. The zero-order valence-corrected chi connectivity index (χ0v) is 11.7. The molecule has 0 saturated carbocycles. The standard InChI is InChI=1S/C14H19N5O/c1-11(2)16-8-7-14(20)18-12-3-5-13(6-4-12)19-10-15-9-17-19/h3-6,9-11,16H,7-8H2,1-2H3,(H,18,20). The Morgan fingerprint density at radius 1 is 1.30 bits per heavy atom. The molecular weight excluding hydrogens is 254 g/mol. The van der Waals surface area contributed by atoms with E-state index >= 15 is 0 Å². The minimum absolute atomic E-state index is 0.00616. The van der Waals surface area contributed by atoms with E-state index in [1.54, 1.807) is 11.0 Å². The lowest BCUT2D eigenvalue weighted by Crippen LogP contribution is -2.27. The van der Waals surface area contributed by atoms with Crippen LogP contribution in [0.4, 0.5) is 5.69 Å². The van der Waals surface area contributed by atoms with Crippen molar-refractivity contribution in [2.75, 3.05) is 11.9 Å². The largest absolute Gasteiger partial charge is 0.326 e. The van der Waals surface area contributed by atoms with Gasteiger partial charge in [-0.05, 0) is 24.3 Å². The molecule has 0 unspecified atom stereocenters. The number of anilines is 1. The number of hydrogen-bond donors (Lipinski definition) is 2. The number of amides is 1. The maximum Gasteiger partial charge on any atom is 0.225 e. The molecule has 0 fully saturated rings. The Bertz CT molecular complexity index is 533. The number of nitrogens with one attached hydrogen (secondary N) is 2. The molecule has 1 aromatic heterocycles. The highest BCUT2D eigenvalue weighted by molar-refractivity contribution is 5.90. The Balaban J connectivity index is 1.86. The summed E-state index contributed by atoms with van der Waals surface area (Å²) in [7, 11) is 0. The topological polar surface area (TPSA) is 71.8 Å². The highest BCUT2D eigenvalue weighted by Gasteiger charge is 2.03. The summed E-state index contributed by atoms with van der Waals surface area (Å²) in [5.41, 5.74) is 1.69. The van der Waals surface area contributed by atoms with Gasteiger partial charge in [0.1, 0.15) is 12.7 Å². The smallest absolute Gasteiger partial charge is 0.225 e. The summed E-state index contributed by atoms with van der Waals surface area (Å²) in [5.74, 6) is 0.00616. The molecule has 1 heterocycles. The van der Waals surface area contributed by atoms with Crippen molar-refractivity contribution in [3.8, 4) is 5.69 Å². The second-order valence-electron chi connectivity index (χ2n) is 4.79. The van der Waals surface area contributed by atoms with Gasteiger partial charge in [0.2, 0.25) is 5.91 Å². The summed E-state index contributed by atoms with van der Waals surface area (Å²) in [6.45, 7) is 4.79. The van der Waals surface area contributed by atoms with Crippen LogP contribution in [0.5, 0.6) is 0 Å². The maximum absolute atomic E-state index is 11.7. The molecule has 0 radical (unpaired) electrons. The van der Waals surface area contributed by atoms with Crippen molar-refractivity contribution in [3.05, 3.63) is 36.9 Å². The molecule has 20 heavy (non-hydrogen) atoms. The lowest BCUT2D eigenvalue weighted by Gasteiger charge is -2.09. The molecule has 1 aromatic carbocycles. The SMILES string of the molecule is CC(C)NCCC(=O)Nc1ccc(-n2cncn2)cc1. The Labute approximate surface area is 118 Å². The molecule has 1 amide bonds. The molecule has 0 aliphatic carbocycles. The van der Waals surface area contributed by atoms with Gasteiger partial charge >= 0.3 is 0 Å². The summed E-state index contributed by atoms with van der Waals surface area (Å²) in [6.07, 6.45) is 3.57. The quantitative estimate of drug-likeness (QED) is 0.838. The molecule has 0 aliphatic rings. The van der Waals surface area contributed by atoms with E-state index in [9.17, 15) is 4.79 Å². The summed E-state index contributed by atoms with van der Waals surface area (Å²) < 4.78 is 1.66. The molecule has 0 atom stereocenters. The van der Waals surface area contributed by atoms with E-state index in [-0.39, 0.29) is 5.91 Å². The predicted octanol–water partition coefficient (Wildman–Crippen LogP) is 1.59. The number of nitrogens with zero attached hydrogens (tertiary/aromatic N) is 3. The van der Waals surface area contributed by atoms with Crippen LogP contribution in [0.3, 0.4) is 0 Å². The van der Waals surface area contributed by atoms with Crippen molar-refractivity contribution in [1.29, 1.82) is 0 Å². The van der Waals surface area contributed by atoms with Crippen molar-refractivity contribution in [3.63, 3.8) is 0 Å². The molecular formula is C14H19N5O. The lowest BCUT2D eigenvalue weighted by molar-refractivity contribution is -0.116. The minimum atomic E-state index is 0.00616. The number of carbonyl (C=O) groups excluding carboxylic acids is 1. The number of hydrogen-bond acceptors (Lipinski definition) is 4. The van der Waals surface area contributed by atoms with E-state index in [1.807, 2.05) is 24.3 Å². The van der Waals surface area contributed by atoms with Gasteiger partial charge in [-0.1, -0.05) is 13.8 Å². The van der Waals surface area contributed by atoms with E-state index < -0.39 is 0 Å². The third-order valence-electron chi connectivity index (χ3n) is 2.74. The van der Waals surface area contributed by atoms with Crippen LogP contribution in [-0.4, -0.2) is 33.3 Å². The third kappa shape index (κ3) is 4.17. The fourth-order valence-electron chi connectivity index (χ4n) is 1.74. The zero-order chi connectivity index (χ0) is 14.4. The molecule has 6 heteroatoms. The van der Waals surface area contributed by atoms with E-state index in [0.717, 1.165) is 11.4 Å². The lowest BCUT2D eigenvalue weighted by atomic mass is 10.2. The Hall–Kier alpha value is -2.21. The molecule has 2 aromatic rings. The summed E-state index contributed by atoms with van der Waals surface area (Å²) in [5, 5.41) is 10.1. The van der Waals surface area contributed by atoms with Gasteiger partial charge in [0.25, 0.3) is 0 Å². The first-order chi connectivity index (χ1) is 9.65. The first-order valence-corrected chi connectivity index (χ1v) is 6.63. The number of rotatable bonds is 6. The monoisotopic (exact) mass is 273 g/mol. The van der Waals surface area contributed by atoms with Gasteiger partial charge in [0.15, 0.2) is 0 Å². The van der Waals surface area contributed by atoms with Gasteiger partial charge in [-0.15, -0.1) is 0 Å². The van der Waals surface area contributed by atoms with Crippen LogP contribution in [0.2, 0.25) is 0 Å². The summed E-state index contributed by atoms with van der Waals surface area (Å²) >= 11 is 0. The average molecular weight is 273 g/mol. The normalized spacial score (nSPS) is 10.8. The van der Waals surface area contributed by atoms with Gasteiger partial charge < -0.3 is 10.6 Å². The van der Waals surface area contributed by atoms with Crippen LogP contribution in [0.25, 0.3) is 5.69 Å². The minimum Gasteiger partial charge on any atom is -0.326 e. The Morgan fingerprint density at radius 2 is 2.05 bits per heavy atom. The molecule has 0 spiro atoms. The first-order valence-electron chi connectivity index (χ1n) is 6.63. The van der Waals surface area contributed by atoms with Crippen LogP contribution >= 0.6 is 0 Å². The van der Waals surface area contributed by atoms with Crippen molar-refractivity contribution < 1.29 is 4.79 Å². The maximum atomic E-state index is 11.7. The number of carbonyl (C=O) groups is 1. The Morgan fingerprint density at radius 3 is 2.65 bits per heavy atom. The molecule has 2 rings (SSSR count). The number of aromatic nitrogens is 3. The van der Waals surface area contributed by atoms with Crippen LogP contribution in [0.1, 0.15) is 20.3 Å². The van der Waals surface area contributed by atoms with Crippen LogP contribution in [-0.2, 0) is 4.79 Å². The van der Waals surface area contributed by atoms with E-state index in [1.165, 1.54) is 6.33 Å². The molecule has 106 valence electrons. The fraction of sp³-hybridized carbons (Fsp3) is 0.357. The van der Waals surface area contributed by atoms with Crippen molar-refractivity contribution >= 4 is 11.6 Å². The fourth-order valence-corrected chi connectivity index (χ4v) is 1.74. The summed E-state index contributed by atoms with van der Waals surface area (Å²) in [6, 6.07) is 7.87. The van der Waals surface area contributed by atoms with Gasteiger partial charge in [0.05, 0.1) is 5.69 Å². The van der Waals surface area contributed by atoms with Crippen LogP contribution in [0, 0.1) is 0 Å². The first kappa shape index (κ1) is 14.2. The van der Waals surface area contributed by atoms with Gasteiger partial charge in [0, 0.05) is 24.7 Å². The Kier molecular flexibility index (Phi) is 4.84. The molecule has 0 aliphatic heterocycles. The summed E-state index contributed by atoms with van der Waals surface area (Å²) in [4.78, 5) is 15.6. The van der Waals surface area contributed by atoms with Crippen molar-refractivity contribution in [2.45, 2.75) is 26.3 Å². The van der Waals surface area contributed by atoms with Gasteiger partial charge in [-0.25, -0.2) is 9.67 Å². The third-order valence-corrected chi connectivity index (χ3v) is 2.74. The highest BCUT2D eigenvalue weighted by atomic mass is 16.1. The van der Waals surface area contributed by atoms with Crippen molar-refractivity contribution in [1.82, 2.24) is 20.1 Å². The molecule has 0 saturated heterocycles. The second kappa shape index (κ2) is 6.81. The molecule has 2 N–H and O–H groups in total. The van der Waals surface area contributed by atoms with Crippen LogP contribution < -0.4 is 10.6 Å². The van der Waals surface area contributed by atoms with E-state index in [0.29, 0.717) is 19.0 Å². The highest BCUT2D eigenvalue weighted by Crippen LogP contribution is 2.12. The predicted molar refractivity (Wildman–Crippen MR) is 77.7 cm³/mol. The molecule has 0 bridgehead atoms. The molecule has 6 nitrogen and oxygen atoms in total.